The van der Waals surface area contributed by atoms with E-state index >= 15 is 0 Å². The molecular weight excluding hydrogens is 250 g/mol. The van der Waals surface area contributed by atoms with Gasteiger partial charge in [0.15, 0.2) is 0 Å². The third-order valence-corrected chi connectivity index (χ3v) is 4.48. The number of nitrogen functional groups attached to an aromatic ring is 1. The van der Waals surface area contributed by atoms with Gasteiger partial charge in [0.1, 0.15) is 12.0 Å². The molecule has 0 radical (unpaired) electrons. The Kier molecular flexibility index (Phi) is 4.68. The van der Waals surface area contributed by atoms with Crippen molar-refractivity contribution < 1.29 is 9.21 Å². The van der Waals surface area contributed by atoms with Crippen molar-refractivity contribution in [1.82, 2.24) is 10.3 Å². The van der Waals surface area contributed by atoms with Gasteiger partial charge in [-0.05, 0) is 12.5 Å². The highest BCUT2D eigenvalue weighted by molar-refractivity contribution is 8.00. The smallest absolute Gasteiger partial charge is 0.268 e. The van der Waals surface area contributed by atoms with Crippen molar-refractivity contribution in [2.75, 3.05) is 18.8 Å². The van der Waals surface area contributed by atoms with Crippen molar-refractivity contribution in [3.8, 4) is 0 Å². The Labute approximate surface area is 111 Å². The molecule has 0 saturated carbocycles. The average Bonchev–Trinajstić information content (AvgIpc) is 2.86. The molecule has 1 atom stereocenters. The third-order valence-electron chi connectivity index (χ3n) is 3.10. The molecule has 18 heavy (non-hydrogen) atoms. The normalized spacial score (nSPS) is 20.9. The molecule has 6 heteroatoms. The van der Waals surface area contributed by atoms with Gasteiger partial charge < -0.3 is 4.42 Å². The van der Waals surface area contributed by atoms with Gasteiger partial charge in [-0.25, -0.2) is 5.84 Å². The van der Waals surface area contributed by atoms with Gasteiger partial charge in [0.25, 0.3) is 5.91 Å². The summed E-state index contributed by atoms with van der Waals surface area (Å²) < 4.78 is 5.39. The average molecular weight is 269 g/mol. The minimum absolute atomic E-state index is 0.314. The van der Waals surface area contributed by atoms with E-state index in [1.807, 2.05) is 11.8 Å². The second-order valence-electron chi connectivity index (χ2n) is 4.41. The monoisotopic (exact) mass is 269 g/mol. The summed E-state index contributed by atoms with van der Waals surface area (Å²) in [5, 5.41) is 0.709. The van der Waals surface area contributed by atoms with Crippen molar-refractivity contribution in [1.29, 1.82) is 0 Å². The van der Waals surface area contributed by atoms with Gasteiger partial charge >= 0.3 is 0 Å². The van der Waals surface area contributed by atoms with E-state index in [1.54, 1.807) is 6.07 Å². The maximum Gasteiger partial charge on any atom is 0.268 e. The molecule has 1 aliphatic rings. The first-order chi connectivity index (χ1) is 8.72. The summed E-state index contributed by atoms with van der Waals surface area (Å²) in [6.07, 6.45) is 2.65. The predicted molar refractivity (Wildman–Crippen MR) is 72.2 cm³/mol. The molecule has 0 aromatic carbocycles. The molecule has 1 unspecified atom stereocenters. The summed E-state index contributed by atoms with van der Waals surface area (Å²) in [5.41, 5.74) is 2.58. The zero-order chi connectivity index (χ0) is 13.0. The molecule has 3 N–H and O–H groups in total. The molecule has 2 heterocycles. The number of furan rings is 1. The number of hydrazine groups is 1. The zero-order valence-electron chi connectivity index (χ0n) is 10.5. The van der Waals surface area contributed by atoms with Crippen molar-refractivity contribution in [3.63, 3.8) is 0 Å². The first-order valence-corrected chi connectivity index (χ1v) is 7.20. The summed E-state index contributed by atoms with van der Waals surface area (Å²) in [4.78, 5) is 13.7. The lowest BCUT2D eigenvalue weighted by molar-refractivity contribution is 0.0953. The van der Waals surface area contributed by atoms with Crippen LogP contribution in [0.4, 0.5) is 0 Å². The van der Waals surface area contributed by atoms with Crippen LogP contribution in [-0.2, 0) is 6.54 Å². The SMILES string of the molecule is CCC1CN(Cc2cc(C(=O)NN)co2)CCS1. The highest BCUT2D eigenvalue weighted by Gasteiger charge is 2.20. The number of hydrogen-bond acceptors (Lipinski definition) is 5. The summed E-state index contributed by atoms with van der Waals surface area (Å²) in [6.45, 7) is 5.13. The maximum atomic E-state index is 11.3. The lowest BCUT2D eigenvalue weighted by Crippen LogP contribution is -2.36. The van der Waals surface area contributed by atoms with E-state index < -0.39 is 0 Å². The second-order valence-corrected chi connectivity index (χ2v) is 5.82. The van der Waals surface area contributed by atoms with E-state index in [4.69, 9.17) is 10.3 Å². The molecule has 1 saturated heterocycles. The van der Waals surface area contributed by atoms with E-state index in [9.17, 15) is 4.79 Å². The summed E-state index contributed by atoms with van der Waals surface area (Å²) in [7, 11) is 0. The number of thioether (sulfide) groups is 1. The summed E-state index contributed by atoms with van der Waals surface area (Å²) in [5.74, 6) is 6.74. The van der Waals surface area contributed by atoms with E-state index in [0.29, 0.717) is 10.8 Å². The Morgan fingerprint density at radius 1 is 1.72 bits per heavy atom. The topological polar surface area (TPSA) is 71.5 Å². The molecule has 0 spiro atoms. The number of amides is 1. The zero-order valence-corrected chi connectivity index (χ0v) is 11.3. The Balaban J connectivity index is 1.92. The molecule has 2 rings (SSSR count). The number of nitrogens with one attached hydrogen (secondary N) is 1. The predicted octanol–water partition coefficient (Wildman–Crippen LogP) is 1.21. The number of nitrogens with zero attached hydrogens (tertiary/aromatic N) is 1. The lowest BCUT2D eigenvalue weighted by Gasteiger charge is -2.31. The van der Waals surface area contributed by atoms with Gasteiger partial charge in [0.2, 0.25) is 0 Å². The van der Waals surface area contributed by atoms with E-state index in [1.165, 1.54) is 12.7 Å². The van der Waals surface area contributed by atoms with Gasteiger partial charge in [-0.3, -0.25) is 15.1 Å². The minimum atomic E-state index is -0.314. The van der Waals surface area contributed by atoms with Crippen molar-refractivity contribution in [3.05, 3.63) is 23.7 Å². The molecule has 0 bridgehead atoms. The number of hydrogen-bond donors (Lipinski definition) is 2. The maximum absolute atomic E-state index is 11.3. The van der Waals surface area contributed by atoms with Crippen LogP contribution in [0.5, 0.6) is 0 Å². The third kappa shape index (κ3) is 3.28. The van der Waals surface area contributed by atoms with Crippen LogP contribution in [0.1, 0.15) is 29.5 Å². The minimum Gasteiger partial charge on any atom is -0.467 e. The number of rotatable bonds is 4. The molecule has 100 valence electrons. The Bertz CT molecular complexity index is 408. The number of nitrogens with two attached hydrogens (primary N) is 1. The molecule has 1 aromatic heterocycles. The van der Waals surface area contributed by atoms with Crippen molar-refractivity contribution >= 4 is 17.7 Å². The fourth-order valence-corrected chi connectivity index (χ4v) is 3.31. The van der Waals surface area contributed by atoms with Gasteiger partial charge in [-0.2, -0.15) is 11.8 Å². The summed E-state index contributed by atoms with van der Waals surface area (Å²) >= 11 is 2.04. The van der Waals surface area contributed by atoms with Crippen LogP contribution in [0.3, 0.4) is 0 Å². The van der Waals surface area contributed by atoms with E-state index in [-0.39, 0.29) is 5.91 Å². The van der Waals surface area contributed by atoms with Gasteiger partial charge in [0.05, 0.1) is 12.1 Å². The highest BCUT2D eigenvalue weighted by Crippen LogP contribution is 2.22. The quantitative estimate of drug-likeness (QED) is 0.488. The largest absolute Gasteiger partial charge is 0.467 e. The van der Waals surface area contributed by atoms with Crippen LogP contribution >= 0.6 is 11.8 Å². The van der Waals surface area contributed by atoms with Gasteiger partial charge in [0, 0.05) is 24.1 Å². The number of carbonyl (C=O) groups excluding carboxylic acids is 1. The van der Waals surface area contributed by atoms with Gasteiger partial charge in [-0.15, -0.1) is 0 Å². The van der Waals surface area contributed by atoms with Crippen molar-refractivity contribution in [2.24, 2.45) is 5.84 Å². The molecule has 1 amide bonds. The summed E-state index contributed by atoms with van der Waals surface area (Å²) in [6, 6.07) is 1.75. The molecule has 0 aliphatic carbocycles. The standard InChI is InChI=1S/C12H19N3O2S/c1-2-11-7-15(3-4-18-11)6-10-5-9(8-17-10)12(16)14-13/h5,8,11H,2-4,6-7,13H2,1H3,(H,14,16). The fourth-order valence-electron chi connectivity index (χ4n) is 2.06. The van der Waals surface area contributed by atoms with Crippen LogP contribution in [0, 0.1) is 0 Å². The fraction of sp³-hybridized carbons (Fsp3) is 0.583. The van der Waals surface area contributed by atoms with Gasteiger partial charge in [-0.1, -0.05) is 6.92 Å². The molecule has 1 aromatic rings. The Morgan fingerprint density at radius 3 is 3.28 bits per heavy atom. The van der Waals surface area contributed by atoms with Crippen LogP contribution in [-0.4, -0.2) is 34.9 Å². The Hall–Kier alpha value is -0.980. The first-order valence-electron chi connectivity index (χ1n) is 6.15. The Morgan fingerprint density at radius 2 is 2.56 bits per heavy atom. The van der Waals surface area contributed by atoms with E-state index in [2.05, 4.69) is 17.2 Å². The molecule has 1 aliphatic heterocycles. The molecule has 5 nitrogen and oxygen atoms in total. The van der Waals surface area contributed by atoms with E-state index in [0.717, 1.165) is 31.1 Å². The molecule has 1 fully saturated rings. The number of carbonyl (C=O) groups is 1. The van der Waals surface area contributed by atoms with Crippen LogP contribution in [0.25, 0.3) is 0 Å². The van der Waals surface area contributed by atoms with Crippen LogP contribution < -0.4 is 11.3 Å². The van der Waals surface area contributed by atoms with Crippen LogP contribution in [0.2, 0.25) is 0 Å². The lowest BCUT2D eigenvalue weighted by atomic mass is 10.2. The second kappa shape index (κ2) is 6.26. The highest BCUT2D eigenvalue weighted by atomic mass is 32.2. The van der Waals surface area contributed by atoms with Crippen molar-refractivity contribution in [2.45, 2.75) is 25.1 Å². The molecular formula is C12H19N3O2S. The first kappa shape index (κ1) is 13.5. The van der Waals surface area contributed by atoms with Crippen LogP contribution in [0.15, 0.2) is 16.7 Å².